The van der Waals surface area contributed by atoms with E-state index in [4.69, 9.17) is 16.3 Å². The predicted molar refractivity (Wildman–Crippen MR) is 98.9 cm³/mol. The fourth-order valence-electron chi connectivity index (χ4n) is 2.75. The van der Waals surface area contributed by atoms with Gasteiger partial charge < -0.3 is 10.1 Å². The van der Waals surface area contributed by atoms with Crippen molar-refractivity contribution in [3.63, 3.8) is 0 Å². The van der Waals surface area contributed by atoms with Gasteiger partial charge in [0.2, 0.25) is 5.91 Å². The molecule has 5 nitrogen and oxygen atoms in total. The highest BCUT2D eigenvalue weighted by molar-refractivity contribution is 6.31. The largest absolute Gasteiger partial charge is 0.495 e. The molecule has 0 unspecified atom stereocenters. The molecular weight excluding hydrogens is 340 g/mol. The highest BCUT2D eigenvalue weighted by atomic mass is 35.5. The first-order valence-electron chi connectivity index (χ1n) is 7.68. The van der Waals surface area contributed by atoms with Crippen LogP contribution in [0.25, 0.3) is 10.9 Å². The molecule has 0 saturated carbocycles. The molecule has 0 spiro atoms. The van der Waals surface area contributed by atoms with Crippen molar-refractivity contribution in [1.29, 1.82) is 0 Å². The maximum absolute atomic E-state index is 12.8. The smallest absolute Gasteiger partial charge is 0.257 e. The molecular formula is C19H17ClN2O3. The quantitative estimate of drug-likeness (QED) is 0.750. The normalized spacial score (nSPS) is 10.7. The molecule has 6 heteroatoms. The van der Waals surface area contributed by atoms with Gasteiger partial charge in [0.25, 0.3) is 5.91 Å². The van der Waals surface area contributed by atoms with Gasteiger partial charge in [0, 0.05) is 23.5 Å². The van der Waals surface area contributed by atoms with Crippen LogP contribution in [0.15, 0.2) is 42.6 Å². The van der Waals surface area contributed by atoms with Crippen molar-refractivity contribution >= 4 is 40.0 Å². The van der Waals surface area contributed by atoms with Crippen molar-refractivity contribution in [2.24, 2.45) is 0 Å². The molecule has 0 atom stereocenters. The monoisotopic (exact) mass is 356 g/mol. The summed E-state index contributed by atoms with van der Waals surface area (Å²) in [5, 5.41) is 3.96. The summed E-state index contributed by atoms with van der Waals surface area (Å²) in [5.74, 6) is 0.0444. The molecule has 3 rings (SSSR count). The molecule has 1 amide bonds. The number of rotatable bonds is 3. The number of nitrogens with one attached hydrogen (secondary N) is 1. The van der Waals surface area contributed by atoms with Crippen LogP contribution in [0.1, 0.15) is 27.6 Å². The predicted octanol–water partition coefficient (Wildman–Crippen LogP) is 4.52. The van der Waals surface area contributed by atoms with Gasteiger partial charge in [-0.25, -0.2) is 0 Å². The van der Waals surface area contributed by atoms with Crippen molar-refractivity contribution in [2.45, 2.75) is 13.8 Å². The number of carbonyl (C=O) groups is 2. The molecule has 0 aliphatic heterocycles. The first-order valence-corrected chi connectivity index (χ1v) is 8.06. The maximum atomic E-state index is 12.8. The van der Waals surface area contributed by atoms with Crippen LogP contribution < -0.4 is 10.1 Å². The van der Waals surface area contributed by atoms with Crippen LogP contribution in [-0.4, -0.2) is 23.5 Å². The van der Waals surface area contributed by atoms with Crippen molar-refractivity contribution in [3.05, 3.63) is 58.7 Å². The number of halogens is 1. The van der Waals surface area contributed by atoms with Crippen LogP contribution in [0.3, 0.4) is 0 Å². The SMILES string of the molecule is COc1ccc(C)cc1NC(=O)c1cn(C(C)=O)c2ccc(Cl)cc12. The summed E-state index contributed by atoms with van der Waals surface area (Å²) in [6, 6.07) is 10.6. The number of benzene rings is 2. The van der Waals surface area contributed by atoms with E-state index in [9.17, 15) is 9.59 Å². The van der Waals surface area contributed by atoms with E-state index in [1.807, 2.05) is 19.1 Å². The van der Waals surface area contributed by atoms with E-state index in [-0.39, 0.29) is 11.8 Å². The van der Waals surface area contributed by atoms with Crippen LogP contribution in [0.2, 0.25) is 5.02 Å². The third-order valence-electron chi connectivity index (χ3n) is 3.95. The third-order valence-corrected chi connectivity index (χ3v) is 4.19. The number of methoxy groups -OCH3 is 1. The Morgan fingerprint density at radius 3 is 2.60 bits per heavy atom. The summed E-state index contributed by atoms with van der Waals surface area (Å²) < 4.78 is 6.73. The topological polar surface area (TPSA) is 60.3 Å². The number of hydrogen-bond donors (Lipinski definition) is 1. The maximum Gasteiger partial charge on any atom is 0.257 e. The second-order valence-electron chi connectivity index (χ2n) is 5.75. The number of anilines is 1. The van der Waals surface area contributed by atoms with Gasteiger partial charge in [-0.1, -0.05) is 17.7 Å². The zero-order valence-corrected chi connectivity index (χ0v) is 14.8. The fraction of sp³-hybridized carbons (Fsp3) is 0.158. The van der Waals surface area contributed by atoms with Crippen molar-refractivity contribution < 1.29 is 14.3 Å². The summed E-state index contributed by atoms with van der Waals surface area (Å²) >= 11 is 6.07. The second-order valence-corrected chi connectivity index (χ2v) is 6.19. The van der Waals surface area contributed by atoms with E-state index in [0.717, 1.165) is 5.56 Å². The molecule has 0 aliphatic rings. The molecule has 3 aromatic rings. The highest BCUT2D eigenvalue weighted by Gasteiger charge is 2.18. The summed E-state index contributed by atoms with van der Waals surface area (Å²) in [7, 11) is 1.54. The number of carbonyl (C=O) groups excluding carboxylic acids is 2. The number of ether oxygens (including phenoxy) is 1. The van der Waals surface area contributed by atoms with E-state index in [2.05, 4.69) is 5.32 Å². The summed E-state index contributed by atoms with van der Waals surface area (Å²) in [5.41, 5.74) is 2.57. The minimum atomic E-state index is -0.337. The Morgan fingerprint density at radius 1 is 1.16 bits per heavy atom. The lowest BCUT2D eigenvalue weighted by molar-refractivity contribution is 0.0941. The third kappa shape index (κ3) is 3.23. The minimum absolute atomic E-state index is 0.181. The van der Waals surface area contributed by atoms with E-state index in [1.165, 1.54) is 17.7 Å². The summed E-state index contributed by atoms with van der Waals surface area (Å²) in [6.45, 7) is 3.37. The highest BCUT2D eigenvalue weighted by Crippen LogP contribution is 2.29. The fourth-order valence-corrected chi connectivity index (χ4v) is 2.92. The Balaban J connectivity index is 2.07. The molecule has 1 aromatic heterocycles. The van der Waals surface area contributed by atoms with Gasteiger partial charge in [-0.2, -0.15) is 0 Å². The second kappa shape index (κ2) is 6.61. The van der Waals surface area contributed by atoms with Crippen molar-refractivity contribution in [3.8, 4) is 5.75 Å². The summed E-state index contributed by atoms with van der Waals surface area (Å²) in [6.07, 6.45) is 1.53. The molecule has 0 bridgehead atoms. The lowest BCUT2D eigenvalue weighted by atomic mass is 10.1. The van der Waals surface area contributed by atoms with Gasteiger partial charge in [0.05, 0.1) is 23.9 Å². The van der Waals surface area contributed by atoms with E-state index < -0.39 is 0 Å². The molecule has 0 radical (unpaired) electrons. The molecule has 0 fully saturated rings. The van der Waals surface area contributed by atoms with Crippen molar-refractivity contribution in [1.82, 2.24) is 4.57 Å². The van der Waals surface area contributed by atoms with Crippen molar-refractivity contribution in [2.75, 3.05) is 12.4 Å². The number of aryl methyl sites for hydroxylation is 1. The minimum Gasteiger partial charge on any atom is -0.495 e. The molecule has 0 aliphatic carbocycles. The Labute approximate surface area is 150 Å². The van der Waals surface area contributed by atoms with E-state index in [1.54, 1.807) is 31.4 Å². The number of fused-ring (bicyclic) bond motifs is 1. The Kier molecular flexibility index (Phi) is 4.51. The average molecular weight is 357 g/mol. The van der Waals surface area contributed by atoms with Gasteiger partial charge in [-0.15, -0.1) is 0 Å². The Hall–Kier alpha value is -2.79. The first kappa shape index (κ1) is 17.0. The van der Waals surface area contributed by atoms with E-state index in [0.29, 0.717) is 32.9 Å². The first-order chi connectivity index (χ1) is 11.9. The average Bonchev–Trinajstić information content (AvgIpc) is 2.94. The summed E-state index contributed by atoms with van der Waals surface area (Å²) in [4.78, 5) is 24.7. The van der Waals surface area contributed by atoms with Gasteiger partial charge in [0.1, 0.15) is 5.75 Å². The molecule has 1 N–H and O–H groups in total. The van der Waals surface area contributed by atoms with Gasteiger partial charge in [-0.3, -0.25) is 14.2 Å². The molecule has 25 heavy (non-hydrogen) atoms. The molecule has 1 heterocycles. The van der Waals surface area contributed by atoms with Crippen LogP contribution in [-0.2, 0) is 0 Å². The van der Waals surface area contributed by atoms with Crippen LogP contribution >= 0.6 is 11.6 Å². The van der Waals surface area contributed by atoms with E-state index >= 15 is 0 Å². The zero-order chi connectivity index (χ0) is 18.1. The number of aromatic nitrogens is 1. The Bertz CT molecular complexity index is 992. The Morgan fingerprint density at radius 2 is 1.92 bits per heavy atom. The van der Waals surface area contributed by atoms with Crippen LogP contribution in [0.4, 0.5) is 5.69 Å². The zero-order valence-electron chi connectivity index (χ0n) is 14.1. The van der Waals surface area contributed by atoms with Gasteiger partial charge >= 0.3 is 0 Å². The molecule has 128 valence electrons. The number of nitrogens with zero attached hydrogens (tertiary/aromatic N) is 1. The standard InChI is InChI=1S/C19H17ClN2O3/c1-11-4-7-18(25-3)16(8-11)21-19(24)15-10-22(12(2)23)17-6-5-13(20)9-14(15)17/h4-10H,1-3H3,(H,21,24). The lowest BCUT2D eigenvalue weighted by Crippen LogP contribution is -2.13. The number of hydrogen-bond acceptors (Lipinski definition) is 3. The molecule has 0 saturated heterocycles. The van der Waals surface area contributed by atoms with Gasteiger partial charge in [-0.05, 0) is 42.8 Å². The van der Waals surface area contributed by atoms with Gasteiger partial charge in [0.15, 0.2) is 0 Å². The lowest BCUT2D eigenvalue weighted by Gasteiger charge is -2.10. The number of amides is 1. The van der Waals surface area contributed by atoms with Crippen LogP contribution in [0.5, 0.6) is 5.75 Å². The van der Waals surface area contributed by atoms with Crippen LogP contribution in [0, 0.1) is 6.92 Å². The molecule has 2 aromatic carbocycles.